The van der Waals surface area contributed by atoms with Crippen molar-refractivity contribution in [2.75, 3.05) is 6.61 Å². The fourth-order valence-corrected chi connectivity index (χ4v) is 9.38. The van der Waals surface area contributed by atoms with Gasteiger partial charge in [-0.15, -0.1) is 0 Å². The van der Waals surface area contributed by atoms with Gasteiger partial charge in [0.2, 0.25) is 5.91 Å². The highest BCUT2D eigenvalue weighted by Gasteiger charge is 2.59. The number of rotatable bonds is 4. The third kappa shape index (κ3) is 4.01. The zero-order valence-electron chi connectivity index (χ0n) is 21.5. The zero-order valence-corrected chi connectivity index (χ0v) is 21.5. The van der Waals surface area contributed by atoms with E-state index in [1.807, 2.05) is 0 Å². The molecule has 4 aliphatic carbocycles. The van der Waals surface area contributed by atoms with Crippen LogP contribution in [0.3, 0.4) is 0 Å². The lowest BCUT2D eigenvalue weighted by Crippen LogP contribution is -2.50. The Morgan fingerprint density at radius 2 is 2.00 bits per heavy atom. The maximum Gasteiger partial charge on any atom is 0.246 e. The highest BCUT2D eigenvalue weighted by Crippen LogP contribution is 2.67. The fourth-order valence-electron chi connectivity index (χ4n) is 9.38. The van der Waals surface area contributed by atoms with E-state index < -0.39 is 0 Å². The number of amides is 1. The normalized spacial score (nSPS) is 46.1. The first-order chi connectivity index (χ1) is 15.7. The standard InChI is InChI=1S/C29H47NO3/c1-19(7-12-27(32)30-20(2)6-5-17-33-30)24-10-11-25-23-9-8-21-18-22(31)13-15-28(21,3)26(23)14-16-29(24,25)4/h8,19-20,22-26,31H,5-7,9-18H2,1-4H3/t19?,20-,22+,23+,24-,25+,26+,28+,29-/m1/s1. The second-order valence-corrected chi connectivity index (χ2v) is 12.9. The Labute approximate surface area is 201 Å². The molecule has 5 rings (SSSR count). The molecule has 9 atom stereocenters. The van der Waals surface area contributed by atoms with Crippen LogP contribution in [0, 0.1) is 40.4 Å². The van der Waals surface area contributed by atoms with Crippen molar-refractivity contribution in [2.45, 2.75) is 117 Å². The van der Waals surface area contributed by atoms with Gasteiger partial charge in [-0.05, 0) is 118 Å². The molecule has 0 bridgehead atoms. The zero-order chi connectivity index (χ0) is 23.4. The minimum Gasteiger partial charge on any atom is -0.393 e. The second-order valence-electron chi connectivity index (χ2n) is 12.9. The number of hydrogen-bond donors (Lipinski definition) is 1. The number of hydrogen-bond acceptors (Lipinski definition) is 3. The van der Waals surface area contributed by atoms with Crippen LogP contribution in [0.25, 0.3) is 0 Å². The van der Waals surface area contributed by atoms with E-state index in [1.54, 1.807) is 10.6 Å². The molecule has 0 spiro atoms. The number of carbonyl (C=O) groups is 1. The molecule has 1 N–H and O–H groups in total. The molecule has 1 saturated heterocycles. The number of carbonyl (C=O) groups excluding carboxylic acids is 1. The van der Waals surface area contributed by atoms with Crippen LogP contribution in [0.5, 0.6) is 0 Å². The Bertz CT molecular complexity index is 779. The molecule has 1 aliphatic heterocycles. The number of aliphatic hydroxyl groups is 1. The Kier molecular flexibility index (Phi) is 6.48. The van der Waals surface area contributed by atoms with E-state index in [1.165, 1.54) is 38.5 Å². The predicted octanol–water partition coefficient (Wildman–Crippen LogP) is 6.29. The average molecular weight is 458 g/mol. The van der Waals surface area contributed by atoms with E-state index in [9.17, 15) is 9.90 Å². The highest BCUT2D eigenvalue weighted by atomic mass is 16.7. The molecule has 186 valence electrons. The van der Waals surface area contributed by atoms with Crippen LogP contribution < -0.4 is 0 Å². The molecular formula is C29H47NO3. The first kappa shape index (κ1) is 23.9. The Morgan fingerprint density at radius 1 is 1.18 bits per heavy atom. The number of nitrogens with zero attached hydrogens (tertiary/aromatic N) is 1. The predicted molar refractivity (Wildman–Crippen MR) is 131 cm³/mol. The minimum atomic E-state index is -0.118. The maximum absolute atomic E-state index is 12.8. The summed E-state index contributed by atoms with van der Waals surface area (Å²) < 4.78 is 0. The van der Waals surface area contributed by atoms with Crippen molar-refractivity contribution in [3.8, 4) is 0 Å². The molecule has 1 unspecified atom stereocenters. The van der Waals surface area contributed by atoms with Gasteiger partial charge in [0.25, 0.3) is 0 Å². The van der Waals surface area contributed by atoms with Crippen molar-refractivity contribution in [2.24, 2.45) is 40.4 Å². The second kappa shape index (κ2) is 8.97. The summed E-state index contributed by atoms with van der Waals surface area (Å²) in [4.78, 5) is 18.5. The molecule has 0 aromatic carbocycles. The summed E-state index contributed by atoms with van der Waals surface area (Å²) in [5.74, 6) is 3.96. The molecule has 4 heteroatoms. The smallest absolute Gasteiger partial charge is 0.246 e. The van der Waals surface area contributed by atoms with Crippen LogP contribution in [-0.4, -0.2) is 34.8 Å². The topological polar surface area (TPSA) is 49.8 Å². The van der Waals surface area contributed by atoms with Gasteiger partial charge in [0.05, 0.1) is 18.8 Å². The van der Waals surface area contributed by atoms with E-state index >= 15 is 0 Å². The van der Waals surface area contributed by atoms with Crippen molar-refractivity contribution in [1.29, 1.82) is 0 Å². The van der Waals surface area contributed by atoms with Crippen molar-refractivity contribution in [1.82, 2.24) is 5.06 Å². The third-order valence-corrected chi connectivity index (χ3v) is 11.3. The summed E-state index contributed by atoms with van der Waals surface area (Å²) in [5, 5.41) is 11.9. The van der Waals surface area contributed by atoms with Gasteiger partial charge in [0, 0.05) is 6.42 Å². The summed E-state index contributed by atoms with van der Waals surface area (Å²) >= 11 is 0. The van der Waals surface area contributed by atoms with E-state index in [-0.39, 0.29) is 18.1 Å². The lowest BCUT2D eigenvalue weighted by Gasteiger charge is -2.58. The first-order valence-electron chi connectivity index (χ1n) is 14.1. The fraction of sp³-hybridized carbons (Fsp3) is 0.897. The Hall–Kier alpha value is -0.870. The van der Waals surface area contributed by atoms with Crippen LogP contribution in [-0.2, 0) is 9.63 Å². The van der Waals surface area contributed by atoms with Crippen LogP contribution in [0.15, 0.2) is 11.6 Å². The van der Waals surface area contributed by atoms with Crippen molar-refractivity contribution in [3.05, 3.63) is 11.6 Å². The minimum absolute atomic E-state index is 0.118. The van der Waals surface area contributed by atoms with Gasteiger partial charge >= 0.3 is 0 Å². The largest absolute Gasteiger partial charge is 0.393 e. The van der Waals surface area contributed by atoms with Gasteiger partial charge in [0.15, 0.2) is 0 Å². The van der Waals surface area contributed by atoms with E-state index in [0.29, 0.717) is 29.8 Å². The number of allylic oxidation sites excluding steroid dienone is 1. The van der Waals surface area contributed by atoms with Gasteiger partial charge in [0.1, 0.15) is 0 Å². The highest BCUT2D eigenvalue weighted by molar-refractivity contribution is 5.75. The van der Waals surface area contributed by atoms with Crippen molar-refractivity contribution >= 4 is 5.91 Å². The molecule has 4 nitrogen and oxygen atoms in total. The van der Waals surface area contributed by atoms with E-state index in [2.05, 4.69) is 33.8 Å². The molecule has 1 heterocycles. The van der Waals surface area contributed by atoms with E-state index in [4.69, 9.17) is 4.84 Å². The average Bonchev–Trinajstić information content (AvgIpc) is 3.15. The molecular weight excluding hydrogens is 410 g/mol. The SMILES string of the molecule is CC(CCC(=O)N1OCCC[C@H]1C)[C@H]1CC[C@H]2[C@@H]3CC=C4C[C@@H](O)CC[C@]4(C)[C@H]3CC[C@]12C. The monoisotopic (exact) mass is 457 g/mol. The lowest BCUT2D eigenvalue weighted by molar-refractivity contribution is -0.212. The van der Waals surface area contributed by atoms with Gasteiger partial charge in [-0.3, -0.25) is 9.63 Å². The van der Waals surface area contributed by atoms with Crippen LogP contribution in [0.1, 0.15) is 105 Å². The molecule has 1 amide bonds. The summed E-state index contributed by atoms with van der Waals surface area (Å²) in [5.41, 5.74) is 2.32. The number of aliphatic hydroxyl groups excluding tert-OH is 1. The summed E-state index contributed by atoms with van der Waals surface area (Å²) in [6.45, 7) is 10.3. The Balaban J connectivity index is 1.25. The quantitative estimate of drug-likeness (QED) is 0.505. The van der Waals surface area contributed by atoms with E-state index in [0.717, 1.165) is 55.8 Å². The first-order valence-corrected chi connectivity index (χ1v) is 14.1. The third-order valence-electron chi connectivity index (χ3n) is 11.3. The van der Waals surface area contributed by atoms with Crippen molar-refractivity contribution < 1.29 is 14.7 Å². The van der Waals surface area contributed by atoms with Gasteiger partial charge < -0.3 is 5.11 Å². The van der Waals surface area contributed by atoms with Crippen LogP contribution >= 0.6 is 0 Å². The molecule has 5 aliphatic rings. The maximum atomic E-state index is 12.8. The molecule has 0 aromatic rings. The van der Waals surface area contributed by atoms with Crippen LogP contribution in [0.4, 0.5) is 0 Å². The molecule has 33 heavy (non-hydrogen) atoms. The van der Waals surface area contributed by atoms with Gasteiger partial charge in [-0.2, -0.15) is 0 Å². The van der Waals surface area contributed by atoms with Gasteiger partial charge in [-0.1, -0.05) is 32.4 Å². The van der Waals surface area contributed by atoms with Crippen LogP contribution in [0.2, 0.25) is 0 Å². The molecule has 0 aromatic heterocycles. The number of hydroxylamine groups is 2. The number of fused-ring (bicyclic) bond motifs is 5. The Morgan fingerprint density at radius 3 is 2.79 bits per heavy atom. The molecule has 0 radical (unpaired) electrons. The summed E-state index contributed by atoms with van der Waals surface area (Å²) in [6.07, 6.45) is 15.9. The lowest BCUT2D eigenvalue weighted by atomic mass is 9.47. The van der Waals surface area contributed by atoms with Gasteiger partial charge in [-0.25, -0.2) is 5.06 Å². The summed E-state index contributed by atoms with van der Waals surface area (Å²) in [6, 6.07) is 0.219. The molecule has 4 fully saturated rings. The summed E-state index contributed by atoms with van der Waals surface area (Å²) in [7, 11) is 0. The van der Waals surface area contributed by atoms with Crippen molar-refractivity contribution in [3.63, 3.8) is 0 Å². The molecule has 3 saturated carbocycles.